The summed E-state index contributed by atoms with van der Waals surface area (Å²) in [7, 11) is 0. The van der Waals surface area contributed by atoms with Gasteiger partial charge in [-0.15, -0.1) is 0 Å². The molecule has 0 fully saturated rings. The van der Waals surface area contributed by atoms with Crippen molar-refractivity contribution in [1.29, 1.82) is 0 Å². The molecule has 0 radical (unpaired) electrons. The largest absolute Gasteiger partial charge is 0.416 e. The second kappa shape index (κ2) is 8.27. The minimum Gasteiger partial charge on any atom is -0.387 e. The third-order valence-corrected chi connectivity index (χ3v) is 6.61. The van der Waals surface area contributed by atoms with Crippen LogP contribution in [0.4, 0.5) is 13.2 Å². The van der Waals surface area contributed by atoms with E-state index in [2.05, 4.69) is 15.1 Å². The lowest BCUT2D eigenvalue weighted by molar-refractivity contribution is -0.137. The molecule has 4 aromatic rings. The number of rotatable bonds is 3. The second-order valence-electron chi connectivity index (χ2n) is 9.00. The maximum atomic E-state index is 13.4. The zero-order valence-corrected chi connectivity index (χ0v) is 19.4. The number of Topliss-reactive ketones (excluding diaryl/α,β-unsaturated/α-hetero) is 1. The Kier molecular flexibility index (Phi) is 5.47. The molecule has 2 aromatic carbocycles. The van der Waals surface area contributed by atoms with Crippen molar-refractivity contribution in [2.24, 2.45) is 0 Å². The number of alkyl halides is 3. The highest BCUT2D eigenvalue weighted by Gasteiger charge is 2.34. The Bertz CT molecular complexity index is 1470. The third-order valence-electron chi connectivity index (χ3n) is 6.61. The Morgan fingerprint density at radius 1 is 1.14 bits per heavy atom. The second-order valence-corrected chi connectivity index (χ2v) is 9.00. The molecule has 0 saturated heterocycles. The summed E-state index contributed by atoms with van der Waals surface area (Å²) in [6, 6.07) is 9.02. The van der Waals surface area contributed by atoms with Gasteiger partial charge >= 0.3 is 6.18 Å². The highest BCUT2D eigenvalue weighted by Crippen LogP contribution is 2.36. The number of aliphatic hydroxyl groups is 1. The van der Waals surface area contributed by atoms with E-state index in [4.69, 9.17) is 0 Å². The lowest BCUT2D eigenvalue weighted by Gasteiger charge is -2.24. The molecule has 0 spiro atoms. The van der Waals surface area contributed by atoms with E-state index >= 15 is 0 Å². The molecular formula is C26H23F3N4O2. The van der Waals surface area contributed by atoms with Crippen LogP contribution in [0.15, 0.2) is 42.6 Å². The average Bonchev–Trinajstić information content (AvgIpc) is 3.16. The van der Waals surface area contributed by atoms with E-state index in [9.17, 15) is 23.1 Å². The zero-order valence-electron chi connectivity index (χ0n) is 19.4. The van der Waals surface area contributed by atoms with Gasteiger partial charge in [-0.3, -0.25) is 9.48 Å². The van der Waals surface area contributed by atoms with Crippen molar-refractivity contribution in [3.05, 3.63) is 76.2 Å². The first-order valence-corrected chi connectivity index (χ1v) is 11.3. The average molecular weight is 480 g/mol. The number of hydrogen-bond acceptors (Lipinski definition) is 5. The SMILES string of the molecule is Cc1cc(-c2ncc3cc(C(F)(F)F)ccc3n2)ccc1C1CCn2nc(C(C)O)c(C)c2C1=O. The van der Waals surface area contributed by atoms with Crippen LogP contribution in [0, 0.1) is 13.8 Å². The number of nitrogens with zero attached hydrogens (tertiary/aromatic N) is 4. The summed E-state index contributed by atoms with van der Waals surface area (Å²) < 4.78 is 40.6. The van der Waals surface area contributed by atoms with Crippen LogP contribution in [0.5, 0.6) is 0 Å². The molecule has 180 valence electrons. The summed E-state index contributed by atoms with van der Waals surface area (Å²) >= 11 is 0. The Hall–Kier alpha value is -3.59. The fourth-order valence-electron chi connectivity index (χ4n) is 4.84. The lowest BCUT2D eigenvalue weighted by atomic mass is 9.84. The van der Waals surface area contributed by atoms with E-state index in [0.717, 1.165) is 23.3 Å². The van der Waals surface area contributed by atoms with E-state index in [1.807, 2.05) is 32.0 Å². The topological polar surface area (TPSA) is 80.9 Å². The zero-order chi connectivity index (χ0) is 25.1. The summed E-state index contributed by atoms with van der Waals surface area (Å²) in [6.45, 7) is 5.94. The highest BCUT2D eigenvalue weighted by atomic mass is 19.4. The van der Waals surface area contributed by atoms with Crippen LogP contribution < -0.4 is 0 Å². The maximum absolute atomic E-state index is 13.4. The Labute approximate surface area is 199 Å². The molecule has 2 atom stereocenters. The lowest BCUT2D eigenvalue weighted by Crippen LogP contribution is -2.26. The van der Waals surface area contributed by atoms with Crippen LogP contribution >= 0.6 is 0 Å². The quantitative estimate of drug-likeness (QED) is 0.416. The molecule has 9 heteroatoms. The molecule has 1 aliphatic heterocycles. The summed E-state index contributed by atoms with van der Waals surface area (Å²) in [6.07, 6.45) is -3.18. The first-order chi connectivity index (χ1) is 16.5. The van der Waals surface area contributed by atoms with Gasteiger partial charge < -0.3 is 5.11 Å². The van der Waals surface area contributed by atoms with Gasteiger partial charge in [0.2, 0.25) is 0 Å². The van der Waals surface area contributed by atoms with Crippen molar-refractivity contribution in [1.82, 2.24) is 19.7 Å². The minimum atomic E-state index is -4.43. The van der Waals surface area contributed by atoms with E-state index in [-0.39, 0.29) is 11.7 Å². The van der Waals surface area contributed by atoms with Crippen molar-refractivity contribution in [3.8, 4) is 11.4 Å². The number of aromatic nitrogens is 4. The van der Waals surface area contributed by atoms with Crippen molar-refractivity contribution in [3.63, 3.8) is 0 Å². The molecule has 2 aromatic heterocycles. The van der Waals surface area contributed by atoms with E-state index in [1.165, 1.54) is 12.3 Å². The van der Waals surface area contributed by atoms with Gasteiger partial charge in [-0.25, -0.2) is 9.97 Å². The van der Waals surface area contributed by atoms with Crippen LogP contribution in [0.3, 0.4) is 0 Å². The van der Waals surface area contributed by atoms with Gasteiger partial charge in [0.25, 0.3) is 0 Å². The molecule has 3 heterocycles. The van der Waals surface area contributed by atoms with Crippen molar-refractivity contribution >= 4 is 16.7 Å². The molecular weight excluding hydrogens is 457 g/mol. The highest BCUT2D eigenvalue weighted by molar-refractivity contribution is 6.01. The van der Waals surface area contributed by atoms with Crippen molar-refractivity contribution in [2.45, 2.75) is 51.9 Å². The monoisotopic (exact) mass is 480 g/mol. The van der Waals surface area contributed by atoms with Crippen molar-refractivity contribution < 1.29 is 23.1 Å². The summed E-state index contributed by atoms with van der Waals surface area (Å²) in [5.74, 6) is 0.0518. The van der Waals surface area contributed by atoms with Gasteiger partial charge in [0.15, 0.2) is 11.6 Å². The van der Waals surface area contributed by atoms with Crippen LogP contribution in [0.25, 0.3) is 22.3 Å². The number of hydrogen-bond donors (Lipinski definition) is 1. The maximum Gasteiger partial charge on any atom is 0.416 e. The van der Waals surface area contributed by atoms with Crippen LogP contribution in [0.2, 0.25) is 0 Å². The standard InChI is InChI=1S/C26H23F3N4O2/c1-13-10-16(25-30-12-17-11-18(26(27,28)29)5-7-21(17)31-25)4-6-19(13)20-8-9-33-23(24(20)35)14(2)22(32-33)15(3)34/h4-7,10-12,15,20,34H,8-9H2,1-3H3. The Balaban J connectivity index is 1.46. The number of benzene rings is 2. The molecule has 0 saturated carbocycles. The van der Waals surface area contributed by atoms with Gasteiger partial charge in [0.1, 0.15) is 5.69 Å². The number of aliphatic hydroxyl groups excluding tert-OH is 1. The molecule has 0 bridgehead atoms. The van der Waals surface area contributed by atoms with Gasteiger partial charge in [0.05, 0.1) is 28.8 Å². The minimum absolute atomic E-state index is 0.0218. The fraction of sp³-hybridized carbons (Fsp3) is 0.308. The number of carbonyl (C=O) groups excluding carboxylic acids is 1. The van der Waals surface area contributed by atoms with Gasteiger partial charge in [-0.1, -0.05) is 12.1 Å². The number of ketones is 1. The number of fused-ring (bicyclic) bond motifs is 2. The molecule has 0 amide bonds. The predicted octanol–water partition coefficient (Wildman–Crippen LogP) is 5.55. The van der Waals surface area contributed by atoms with Gasteiger partial charge in [0, 0.05) is 29.3 Å². The third kappa shape index (κ3) is 3.99. The van der Waals surface area contributed by atoms with Gasteiger partial charge in [-0.05, 0) is 62.6 Å². The summed E-state index contributed by atoms with van der Waals surface area (Å²) in [5.41, 5.74) is 3.98. The Morgan fingerprint density at radius 2 is 1.91 bits per heavy atom. The van der Waals surface area contributed by atoms with Gasteiger partial charge in [-0.2, -0.15) is 18.3 Å². The summed E-state index contributed by atoms with van der Waals surface area (Å²) in [5, 5.41) is 14.7. The smallest absolute Gasteiger partial charge is 0.387 e. The number of aryl methyl sites for hydroxylation is 2. The molecule has 5 rings (SSSR count). The molecule has 1 aliphatic rings. The number of halogens is 3. The normalized spacial score (nSPS) is 17.0. The Morgan fingerprint density at radius 3 is 2.60 bits per heavy atom. The van der Waals surface area contributed by atoms with E-state index in [1.54, 1.807) is 11.6 Å². The molecule has 1 N–H and O–H groups in total. The predicted molar refractivity (Wildman–Crippen MR) is 124 cm³/mol. The summed E-state index contributed by atoms with van der Waals surface area (Å²) in [4.78, 5) is 22.1. The molecule has 35 heavy (non-hydrogen) atoms. The van der Waals surface area contributed by atoms with E-state index < -0.39 is 17.8 Å². The number of carbonyl (C=O) groups is 1. The van der Waals surface area contributed by atoms with Crippen molar-refractivity contribution in [2.75, 3.05) is 0 Å². The fourth-order valence-corrected chi connectivity index (χ4v) is 4.84. The van der Waals surface area contributed by atoms with Crippen LogP contribution in [-0.4, -0.2) is 30.6 Å². The molecule has 6 nitrogen and oxygen atoms in total. The van der Waals surface area contributed by atoms with E-state index in [0.29, 0.717) is 52.2 Å². The van der Waals surface area contributed by atoms with Crippen LogP contribution in [0.1, 0.15) is 63.8 Å². The first-order valence-electron chi connectivity index (χ1n) is 11.3. The first kappa shape index (κ1) is 23.2. The molecule has 2 unspecified atom stereocenters. The van der Waals surface area contributed by atoms with Crippen LogP contribution in [-0.2, 0) is 12.7 Å². The molecule has 0 aliphatic carbocycles.